The number of thiophene rings is 1. The van der Waals surface area contributed by atoms with Gasteiger partial charge in [0.1, 0.15) is 11.2 Å². The summed E-state index contributed by atoms with van der Waals surface area (Å²) in [5, 5.41) is 15.5. The van der Waals surface area contributed by atoms with E-state index in [1.54, 1.807) is 0 Å². The van der Waals surface area contributed by atoms with Gasteiger partial charge < -0.3 is 22.7 Å². The molecule has 0 fully saturated rings. The van der Waals surface area contributed by atoms with E-state index in [1.165, 1.54) is 141 Å². The second kappa shape index (κ2) is 20.7. The topological polar surface area (TPSA) is 32.9 Å². The SMILES string of the molecule is CC(C)(C)n1c2ccccc2c2cc(-c3cccc4c3oc3ccccc34)ccc21.CC(C)(C)n1c2ccccc2c2cc(-c3cccc4c3sc3ccccc34)ccc21.CC(C)(C)n1c2ccccc2c2cc(-n3c4ccccc4c4ccccc43)ccc21. The summed E-state index contributed by atoms with van der Waals surface area (Å²) in [6.45, 7) is 20.5. The molecule has 6 aromatic heterocycles. The quantitative estimate of drug-likeness (QED) is 0.174. The van der Waals surface area contributed by atoms with Crippen LogP contribution in [0.2, 0.25) is 0 Å². The lowest BCUT2D eigenvalue weighted by Gasteiger charge is -2.24. The van der Waals surface area contributed by atoms with Crippen molar-refractivity contribution in [2.45, 2.75) is 78.9 Å². The van der Waals surface area contributed by atoms with Crippen LogP contribution >= 0.6 is 11.3 Å². The first-order valence-electron chi connectivity index (χ1n) is 31.5. The molecule has 90 heavy (non-hydrogen) atoms. The van der Waals surface area contributed by atoms with Gasteiger partial charge in [-0.2, -0.15) is 0 Å². The van der Waals surface area contributed by atoms with Crippen molar-refractivity contribution in [3.63, 3.8) is 0 Å². The number of benzene rings is 12. The summed E-state index contributed by atoms with van der Waals surface area (Å²) in [6.07, 6.45) is 0. The second-order valence-corrected chi connectivity index (χ2v) is 28.2. The number of rotatable bonds is 3. The number of aromatic nitrogens is 4. The first-order chi connectivity index (χ1) is 43.6. The Hall–Kier alpha value is -10.1. The Kier molecular flexibility index (Phi) is 12.7. The van der Waals surface area contributed by atoms with Crippen molar-refractivity contribution in [2.75, 3.05) is 0 Å². The first kappa shape index (κ1) is 55.2. The Morgan fingerprint density at radius 3 is 1.16 bits per heavy atom. The Morgan fingerprint density at radius 2 is 0.644 bits per heavy atom. The summed E-state index contributed by atoms with van der Waals surface area (Å²) in [7, 11) is 0. The molecular formula is C84H70N4OS. The molecule has 0 saturated carbocycles. The van der Waals surface area contributed by atoms with E-state index in [-0.39, 0.29) is 16.6 Å². The number of nitrogens with zero attached hydrogens (tertiary/aromatic N) is 4. The van der Waals surface area contributed by atoms with Gasteiger partial charge in [0.05, 0.1) is 11.0 Å². The molecule has 438 valence electrons. The average Bonchev–Trinajstić information content (AvgIpc) is 1.61. The molecule has 0 aliphatic heterocycles. The second-order valence-electron chi connectivity index (χ2n) is 27.2. The monoisotopic (exact) mass is 1180 g/mol. The number of fused-ring (bicyclic) bond motifs is 18. The van der Waals surface area contributed by atoms with Crippen molar-refractivity contribution in [3.05, 3.63) is 261 Å². The smallest absolute Gasteiger partial charge is 0.143 e. The third-order valence-electron chi connectivity index (χ3n) is 18.3. The maximum Gasteiger partial charge on any atom is 0.143 e. The maximum atomic E-state index is 6.29. The third-order valence-corrected chi connectivity index (χ3v) is 19.5. The minimum absolute atomic E-state index is 0.00161. The van der Waals surface area contributed by atoms with Gasteiger partial charge >= 0.3 is 0 Å². The molecule has 0 aliphatic carbocycles. The molecule has 0 atom stereocenters. The lowest BCUT2D eigenvalue weighted by atomic mass is 10.00. The zero-order valence-corrected chi connectivity index (χ0v) is 53.2. The van der Waals surface area contributed by atoms with Crippen LogP contribution in [-0.2, 0) is 16.6 Å². The van der Waals surface area contributed by atoms with E-state index in [0.29, 0.717) is 0 Å². The predicted octanol–water partition coefficient (Wildman–Crippen LogP) is 24.3. The zero-order chi connectivity index (χ0) is 61.4. The van der Waals surface area contributed by atoms with Crippen LogP contribution in [0.4, 0.5) is 0 Å². The van der Waals surface area contributed by atoms with E-state index in [2.05, 4.69) is 329 Å². The van der Waals surface area contributed by atoms with Crippen molar-refractivity contribution in [2.24, 2.45) is 0 Å². The molecule has 0 radical (unpaired) electrons. The van der Waals surface area contributed by atoms with Crippen LogP contribution in [-0.4, -0.2) is 18.3 Å². The van der Waals surface area contributed by atoms with Crippen LogP contribution < -0.4 is 0 Å². The predicted molar refractivity (Wildman–Crippen MR) is 389 cm³/mol. The third kappa shape index (κ3) is 8.86. The molecule has 18 aromatic rings. The van der Waals surface area contributed by atoms with Gasteiger partial charge in [0, 0.05) is 135 Å². The van der Waals surface area contributed by atoms with Gasteiger partial charge in [0.15, 0.2) is 0 Å². The zero-order valence-electron chi connectivity index (χ0n) is 52.4. The van der Waals surface area contributed by atoms with Crippen LogP contribution in [0.5, 0.6) is 0 Å². The summed E-state index contributed by atoms with van der Waals surface area (Å²) >= 11 is 1.90. The highest BCUT2D eigenvalue weighted by molar-refractivity contribution is 7.26. The Balaban J connectivity index is 0.000000108. The molecule has 12 aromatic carbocycles. The van der Waals surface area contributed by atoms with Crippen LogP contribution in [0.1, 0.15) is 62.3 Å². The average molecular weight is 1180 g/mol. The lowest BCUT2D eigenvalue weighted by Crippen LogP contribution is -2.21. The van der Waals surface area contributed by atoms with Gasteiger partial charge in [-0.3, -0.25) is 0 Å². The number of hydrogen-bond donors (Lipinski definition) is 0. The van der Waals surface area contributed by atoms with Gasteiger partial charge in [0.2, 0.25) is 0 Å². The minimum atomic E-state index is 0.00161. The van der Waals surface area contributed by atoms with Crippen molar-refractivity contribution in [1.82, 2.24) is 18.3 Å². The highest BCUT2D eigenvalue weighted by Gasteiger charge is 2.25. The van der Waals surface area contributed by atoms with Crippen LogP contribution in [0.3, 0.4) is 0 Å². The molecule has 6 heteroatoms. The van der Waals surface area contributed by atoms with Crippen molar-refractivity contribution in [3.8, 4) is 27.9 Å². The summed E-state index contributed by atoms with van der Waals surface area (Å²) in [5.41, 5.74) is 18.3. The normalized spacial score (nSPS) is 12.5. The van der Waals surface area contributed by atoms with E-state index in [9.17, 15) is 0 Å². The summed E-state index contributed by atoms with van der Waals surface area (Å²) < 4.78 is 18.8. The molecule has 6 heterocycles. The van der Waals surface area contributed by atoms with Crippen molar-refractivity contribution < 1.29 is 4.42 Å². The number of hydrogen-bond acceptors (Lipinski definition) is 2. The van der Waals surface area contributed by atoms with Gasteiger partial charge in [-0.15, -0.1) is 11.3 Å². The lowest BCUT2D eigenvalue weighted by molar-refractivity contribution is 0.423. The fraction of sp³-hybridized carbons (Fsp3) is 0.143. The molecule has 0 spiro atoms. The van der Waals surface area contributed by atoms with E-state index < -0.39 is 0 Å². The van der Waals surface area contributed by atoms with Gasteiger partial charge in [-0.1, -0.05) is 176 Å². The Labute approximate surface area is 527 Å². The molecule has 5 nitrogen and oxygen atoms in total. The van der Waals surface area contributed by atoms with E-state index in [0.717, 1.165) is 16.7 Å². The molecule has 0 amide bonds. The highest BCUT2D eigenvalue weighted by Crippen LogP contribution is 2.45. The fourth-order valence-corrected chi connectivity index (χ4v) is 15.9. The number of para-hydroxylation sites is 7. The Bertz CT molecular complexity index is 5560. The van der Waals surface area contributed by atoms with Crippen LogP contribution in [0.15, 0.2) is 265 Å². The van der Waals surface area contributed by atoms with E-state index >= 15 is 0 Å². The first-order valence-corrected chi connectivity index (χ1v) is 32.3. The van der Waals surface area contributed by atoms with Crippen molar-refractivity contribution >= 4 is 141 Å². The molecular weight excluding hydrogens is 1110 g/mol. The van der Waals surface area contributed by atoms with Crippen LogP contribution in [0.25, 0.3) is 157 Å². The largest absolute Gasteiger partial charge is 0.455 e. The molecule has 0 N–H and O–H groups in total. The summed E-state index contributed by atoms with van der Waals surface area (Å²) in [5.74, 6) is 0. The molecule has 0 saturated heterocycles. The Morgan fingerprint density at radius 1 is 0.278 bits per heavy atom. The van der Waals surface area contributed by atoms with E-state index in [1.807, 2.05) is 23.5 Å². The molecule has 0 unspecified atom stereocenters. The number of furan rings is 1. The standard InChI is InChI=1S/C28H24N2.C28H23NO.C28H23NS/c1-28(2,3)30-26-15-9-6-12-22(26)23-18-19(16-17-27(23)30)29-24-13-7-4-10-20(24)21-11-5-8-14-25(21)29;2*1-28(2,3)29-24-13-6-4-9-20(24)23-17-18(15-16-25(23)29)19-11-8-12-22-21-10-5-7-14-26(21)30-27(19)22/h4-18H,1-3H3;2*4-17H,1-3H3. The van der Waals surface area contributed by atoms with Crippen LogP contribution in [0, 0.1) is 0 Å². The highest BCUT2D eigenvalue weighted by atomic mass is 32.1. The maximum absolute atomic E-state index is 6.29. The molecule has 0 bridgehead atoms. The summed E-state index contributed by atoms with van der Waals surface area (Å²) in [6, 6.07) is 94.5. The van der Waals surface area contributed by atoms with Gasteiger partial charge in [0.25, 0.3) is 0 Å². The molecule has 0 aliphatic rings. The van der Waals surface area contributed by atoms with Gasteiger partial charge in [-0.25, -0.2) is 0 Å². The molecule has 18 rings (SSSR count). The van der Waals surface area contributed by atoms with Crippen molar-refractivity contribution in [1.29, 1.82) is 0 Å². The minimum Gasteiger partial charge on any atom is -0.455 e. The van der Waals surface area contributed by atoms with E-state index in [4.69, 9.17) is 4.42 Å². The van der Waals surface area contributed by atoms with Gasteiger partial charge in [-0.05, 0) is 164 Å². The fourth-order valence-electron chi connectivity index (χ4n) is 14.7. The summed E-state index contributed by atoms with van der Waals surface area (Å²) in [4.78, 5) is 0.